The molecule has 3 nitrogen and oxygen atoms in total. The normalized spacial score (nSPS) is 23.6. The molecule has 4 heteroatoms. The first kappa shape index (κ1) is 10.1. The molecule has 0 amide bonds. The van der Waals surface area contributed by atoms with E-state index in [4.69, 9.17) is 0 Å². The van der Waals surface area contributed by atoms with Crippen molar-refractivity contribution in [2.75, 3.05) is 13.1 Å². The number of piperidine rings is 1. The molecule has 0 radical (unpaired) electrons. The molecule has 1 aliphatic heterocycles. The van der Waals surface area contributed by atoms with Crippen LogP contribution in [0.4, 0.5) is 0 Å². The number of hydrogen-bond donors (Lipinski definition) is 0. The van der Waals surface area contributed by atoms with Crippen molar-refractivity contribution in [3.63, 3.8) is 0 Å². The third kappa shape index (κ3) is 2.75. The van der Waals surface area contributed by atoms with Crippen molar-refractivity contribution in [1.82, 2.24) is 14.9 Å². The Morgan fingerprint density at radius 2 is 2.21 bits per heavy atom. The summed E-state index contributed by atoms with van der Waals surface area (Å²) in [6.07, 6.45) is 6.16. The van der Waals surface area contributed by atoms with E-state index in [2.05, 4.69) is 30.8 Å². The van der Waals surface area contributed by atoms with Gasteiger partial charge >= 0.3 is 0 Å². The maximum atomic E-state index is 4.23. The first-order valence-corrected chi connectivity index (χ1v) is 5.88. The van der Waals surface area contributed by atoms with Crippen molar-refractivity contribution in [2.24, 2.45) is 0 Å². The number of alkyl halides is 1. The molecule has 0 aliphatic carbocycles. The van der Waals surface area contributed by atoms with E-state index in [9.17, 15) is 0 Å². The second-order valence-corrected chi connectivity index (χ2v) is 4.93. The lowest BCUT2D eigenvalue weighted by Crippen LogP contribution is -2.35. The lowest BCUT2D eigenvalue weighted by Gasteiger charge is -2.29. The molecule has 1 saturated heterocycles. The highest BCUT2D eigenvalue weighted by atomic mass is 79.9. The summed E-state index contributed by atoms with van der Waals surface area (Å²) in [6, 6.07) is 1.85. The molecule has 1 aromatic heterocycles. The number of rotatable bonds is 2. The average molecular weight is 256 g/mol. The van der Waals surface area contributed by atoms with Gasteiger partial charge in [0.1, 0.15) is 5.82 Å². The maximum absolute atomic E-state index is 4.23. The molecular formula is C10H14BrN3. The van der Waals surface area contributed by atoms with Crippen LogP contribution < -0.4 is 0 Å². The van der Waals surface area contributed by atoms with Gasteiger partial charge in [-0.05, 0) is 25.5 Å². The van der Waals surface area contributed by atoms with Gasteiger partial charge in [0.2, 0.25) is 0 Å². The van der Waals surface area contributed by atoms with E-state index in [1.165, 1.54) is 19.4 Å². The Bertz CT molecular complexity index is 278. The Morgan fingerprint density at radius 1 is 1.43 bits per heavy atom. The van der Waals surface area contributed by atoms with Crippen molar-refractivity contribution in [3.05, 3.63) is 24.3 Å². The molecule has 2 rings (SSSR count). The van der Waals surface area contributed by atoms with Gasteiger partial charge in [0.15, 0.2) is 0 Å². The van der Waals surface area contributed by atoms with Crippen LogP contribution in [-0.2, 0) is 6.54 Å². The van der Waals surface area contributed by atoms with Gasteiger partial charge in [-0.2, -0.15) is 0 Å². The summed E-state index contributed by atoms with van der Waals surface area (Å²) in [4.78, 5) is 11.5. The minimum Gasteiger partial charge on any atom is -0.295 e. The van der Waals surface area contributed by atoms with Crippen molar-refractivity contribution in [2.45, 2.75) is 24.2 Å². The van der Waals surface area contributed by atoms with Gasteiger partial charge in [-0.25, -0.2) is 9.97 Å². The minimum absolute atomic E-state index is 0.639. The fraction of sp³-hybridized carbons (Fsp3) is 0.600. The van der Waals surface area contributed by atoms with Crippen LogP contribution in [0.5, 0.6) is 0 Å². The van der Waals surface area contributed by atoms with E-state index in [1.807, 2.05) is 6.07 Å². The molecule has 1 aromatic rings. The molecule has 0 saturated carbocycles. The van der Waals surface area contributed by atoms with Crippen LogP contribution in [0.15, 0.2) is 18.5 Å². The molecule has 1 unspecified atom stereocenters. The smallest absolute Gasteiger partial charge is 0.142 e. The van der Waals surface area contributed by atoms with E-state index in [1.54, 1.807) is 12.4 Å². The van der Waals surface area contributed by atoms with Crippen molar-refractivity contribution >= 4 is 15.9 Å². The van der Waals surface area contributed by atoms with E-state index >= 15 is 0 Å². The van der Waals surface area contributed by atoms with Gasteiger partial charge in [0.05, 0.1) is 6.54 Å². The highest BCUT2D eigenvalue weighted by molar-refractivity contribution is 9.09. The third-order valence-electron chi connectivity index (χ3n) is 2.43. The first-order valence-electron chi connectivity index (χ1n) is 4.97. The predicted molar refractivity (Wildman–Crippen MR) is 59.3 cm³/mol. The van der Waals surface area contributed by atoms with E-state index in [0.717, 1.165) is 18.9 Å². The van der Waals surface area contributed by atoms with E-state index < -0.39 is 0 Å². The molecule has 14 heavy (non-hydrogen) atoms. The van der Waals surface area contributed by atoms with Gasteiger partial charge in [0.25, 0.3) is 0 Å². The molecule has 0 bridgehead atoms. The monoisotopic (exact) mass is 255 g/mol. The summed E-state index contributed by atoms with van der Waals surface area (Å²) in [7, 11) is 0. The topological polar surface area (TPSA) is 29.0 Å². The second kappa shape index (κ2) is 4.84. The number of halogens is 1. The van der Waals surface area contributed by atoms with E-state index in [-0.39, 0.29) is 0 Å². The fourth-order valence-electron chi connectivity index (χ4n) is 1.75. The largest absolute Gasteiger partial charge is 0.295 e. The van der Waals surface area contributed by atoms with Gasteiger partial charge in [-0.15, -0.1) is 0 Å². The zero-order valence-corrected chi connectivity index (χ0v) is 9.65. The van der Waals surface area contributed by atoms with Crippen LogP contribution in [0.1, 0.15) is 18.7 Å². The van der Waals surface area contributed by atoms with Gasteiger partial charge in [-0.1, -0.05) is 15.9 Å². The quantitative estimate of drug-likeness (QED) is 0.756. The van der Waals surface area contributed by atoms with Crippen LogP contribution in [0.25, 0.3) is 0 Å². The number of hydrogen-bond acceptors (Lipinski definition) is 3. The zero-order chi connectivity index (χ0) is 9.80. The maximum Gasteiger partial charge on any atom is 0.142 e. The Kier molecular flexibility index (Phi) is 3.48. The van der Waals surface area contributed by atoms with Crippen LogP contribution in [0.2, 0.25) is 0 Å². The summed E-state index contributed by atoms with van der Waals surface area (Å²) in [5, 5.41) is 0. The van der Waals surface area contributed by atoms with Crippen LogP contribution in [-0.4, -0.2) is 32.8 Å². The number of nitrogens with zero attached hydrogens (tertiary/aromatic N) is 3. The van der Waals surface area contributed by atoms with Crippen LogP contribution in [0.3, 0.4) is 0 Å². The minimum atomic E-state index is 0.639. The SMILES string of the molecule is BrC1CCCN(Cc2ncccn2)C1. The fourth-order valence-corrected chi connectivity index (χ4v) is 2.49. The molecule has 1 aliphatic rings. The summed E-state index contributed by atoms with van der Waals surface area (Å²) in [5.41, 5.74) is 0. The Labute approximate surface area is 92.7 Å². The molecule has 1 atom stereocenters. The summed E-state index contributed by atoms with van der Waals surface area (Å²) < 4.78 is 0. The summed E-state index contributed by atoms with van der Waals surface area (Å²) >= 11 is 3.66. The van der Waals surface area contributed by atoms with Gasteiger partial charge in [-0.3, -0.25) is 4.90 Å². The third-order valence-corrected chi connectivity index (χ3v) is 3.18. The number of likely N-dealkylation sites (tertiary alicyclic amines) is 1. The van der Waals surface area contributed by atoms with Crippen LogP contribution in [0, 0.1) is 0 Å². The predicted octanol–water partition coefficient (Wildman–Crippen LogP) is 1.84. The summed E-state index contributed by atoms with van der Waals surface area (Å²) in [5.74, 6) is 0.925. The standard InChI is InChI=1S/C10H14BrN3/c11-9-3-1-6-14(7-9)8-10-12-4-2-5-13-10/h2,4-5,9H,1,3,6-8H2. The van der Waals surface area contributed by atoms with E-state index in [0.29, 0.717) is 4.83 Å². The molecule has 1 fully saturated rings. The Morgan fingerprint density at radius 3 is 2.93 bits per heavy atom. The van der Waals surface area contributed by atoms with Gasteiger partial charge in [0, 0.05) is 23.8 Å². The summed E-state index contributed by atoms with van der Waals surface area (Å²) in [6.45, 7) is 3.15. The number of aromatic nitrogens is 2. The lowest BCUT2D eigenvalue weighted by atomic mass is 10.1. The Balaban J connectivity index is 1.91. The van der Waals surface area contributed by atoms with Crippen molar-refractivity contribution in [3.8, 4) is 0 Å². The molecule has 76 valence electrons. The van der Waals surface area contributed by atoms with Crippen molar-refractivity contribution < 1.29 is 0 Å². The second-order valence-electron chi connectivity index (χ2n) is 3.64. The van der Waals surface area contributed by atoms with Crippen molar-refractivity contribution in [1.29, 1.82) is 0 Å². The highest BCUT2D eigenvalue weighted by Crippen LogP contribution is 2.17. The zero-order valence-electron chi connectivity index (χ0n) is 8.06. The lowest BCUT2D eigenvalue weighted by molar-refractivity contribution is 0.222. The van der Waals surface area contributed by atoms with Crippen LogP contribution >= 0.6 is 15.9 Å². The molecule has 2 heterocycles. The molecule has 0 aromatic carbocycles. The molecular weight excluding hydrogens is 242 g/mol. The van der Waals surface area contributed by atoms with Gasteiger partial charge < -0.3 is 0 Å². The molecule has 0 spiro atoms. The highest BCUT2D eigenvalue weighted by Gasteiger charge is 2.17. The molecule has 0 N–H and O–H groups in total. The first-order chi connectivity index (χ1) is 6.84. The Hall–Kier alpha value is -0.480. The average Bonchev–Trinajstić information content (AvgIpc) is 2.19.